The number of benzene rings is 2. The van der Waals surface area contributed by atoms with Crippen LogP contribution in [0.5, 0.6) is 0 Å². The van der Waals surface area contributed by atoms with Gasteiger partial charge in [-0.25, -0.2) is 8.42 Å². The molecule has 0 unspecified atom stereocenters. The number of rotatable bonds is 7. The van der Waals surface area contributed by atoms with E-state index in [0.717, 1.165) is 4.31 Å². The maximum Gasteiger partial charge on any atom is 0.264 e. The maximum atomic E-state index is 13.3. The van der Waals surface area contributed by atoms with E-state index in [9.17, 15) is 13.2 Å². The molecule has 0 aliphatic heterocycles. The lowest BCUT2D eigenvalue weighted by atomic mass is 10.1. The molecule has 0 saturated carbocycles. The third-order valence-electron chi connectivity index (χ3n) is 4.51. The van der Waals surface area contributed by atoms with Gasteiger partial charge in [-0.3, -0.25) is 9.10 Å². The second-order valence-corrected chi connectivity index (χ2v) is 9.08. The molecule has 0 aliphatic carbocycles. The number of carbonyl (C=O) groups excluding carboxylic acids is 1. The van der Waals surface area contributed by atoms with Crippen molar-refractivity contribution in [2.75, 3.05) is 10.8 Å². The average Bonchev–Trinajstić information content (AvgIpc) is 2.63. The number of anilines is 1. The Hall–Kier alpha value is -2.05. The SMILES string of the molecule is Cc1c(Cl)cccc1N(CC(=O)N[C@@H](C)C(C)C)S(=O)(=O)c1ccccc1. The standard InChI is InChI=1S/C20H25ClN2O3S/c1-14(2)16(4)22-20(24)13-23(19-12-8-11-18(21)15(19)3)27(25,26)17-9-6-5-7-10-17/h5-12,14,16H,13H2,1-4H3,(H,22,24)/t16-/m0/s1. The van der Waals surface area contributed by atoms with E-state index in [1.165, 1.54) is 12.1 Å². The lowest BCUT2D eigenvalue weighted by Gasteiger charge is -2.27. The normalized spacial score (nSPS) is 12.7. The van der Waals surface area contributed by atoms with E-state index in [1.54, 1.807) is 43.3 Å². The zero-order chi connectivity index (χ0) is 20.2. The minimum absolute atomic E-state index is 0.0702. The quantitative estimate of drug-likeness (QED) is 0.752. The molecular weight excluding hydrogens is 384 g/mol. The second kappa shape index (κ2) is 8.76. The summed E-state index contributed by atoms with van der Waals surface area (Å²) in [6, 6.07) is 13.0. The summed E-state index contributed by atoms with van der Waals surface area (Å²) in [6.45, 7) is 7.29. The van der Waals surface area contributed by atoms with Gasteiger partial charge in [0.15, 0.2) is 0 Å². The van der Waals surface area contributed by atoms with Crippen molar-refractivity contribution in [3.63, 3.8) is 0 Å². The molecule has 0 aliphatic rings. The van der Waals surface area contributed by atoms with Crippen molar-refractivity contribution in [2.45, 2.75) is 38.6 Å². The number of nitrogens with zero attached hydrogens (tertiary/aromatic N) is 1. The van der Waals surface area contributed by atoms with Crippen LogP contribution in [-0.2, 0) is 14.8 Å². The van der Waals surface area contributed by atoms with Gasteiger partial charge in [0.2, 0.25) is 5.91 Å². The van der Waals surface area contributed by atoms with Crippen molar-refractivity contribution in [1.82, 2.24) is 5.32 Å². The molecule has 1 amide bonds. The predicted octanol–water partition coefficient (Wildman–Crippen LogP) is 4.00. The minimum atomic E-state index is -3.93. The summed E-state index contributed by atoms with van der Waals surface area (Å²) in [5.74, 6) is -0.129. The summed E-state index contributed by atoms with van der Waals surface area (Å²) in [5, 5.41) is 3.30. The van der Waals surface area contributed by atoms with E-state index in [-0.39, 0.29) is 29.3 Å². The van der Waals surface area contributed by atoms with Crippen LogP contribution < -0.4 is 9.62 Å². The highest BCUT2D eigenvalue weighted by Crippen LogP contribution is 2.30. The molecule has 7 heteroatoms. The van der Waals surface area contributed by atoms with Gasteiger partial charge in [-0.15, -0.1) is 0 Å². The highest BCUT2D eigenvalue weighted by molar-refractivity contribution is 7.92. The van der Waals surface area contributed by atoms with Crippen molar-refractivity contribution in [1.29, 1.82) is 0 Å². The molecule has 5 nitrogen and oxygen atoms in total. The average molecular weight is 409 g/mol. The van der Waals surface area contributed by atoms with Gasteiger partial charge in [-0.1, -0.05) is 49.7 Å². The van der Waals surface area contributed by atoms with Crippen LogP contribution in [0, 0.1) is 12.8 Å². The summed E-state index contributed by atoms with van der Waals surface area (Å²) in [6.07, 6.45) is 0. The molecule has 146 valence electrons. The molecule has 0 spiro atoms. The first-order valence-electron chi connectivity index (χ1n) is 8.77. The van der Waals surface area contributed by atoms with Gasteiger partial charge in [0.1, 0.15) is 6.54 Å². The fourth-order valence-corrected chi connectivity index (χ4v) is 4.15. The Morgan fingerprint density at radius 2 is 1.70 bits per heavy atom. The first kappa shape index (κ1) is 21.3. The van der Waals surface area contributed by atoms with E-state index >= 15 is 0 Å². The van der Waals surface area contributed by atoms with E-state index in [1.807, 2.05) is 20.8 Å². The van der Waals surface area contributed by atoms with Crippen LogP contribution in [0.25, 0.3) is 0 Å². The molecule has 0 fully saturated rings. The van der Waals surface area contributed by atoms with Crippen LogP contribution in [0.2, 0.25) is 5.02 Å². The van der Waals surface area contributed by atoms with Crippen molar-refractivity contribution in [3.05, 3.63) is 59.1 Å². The van der Waals surface area contributed by atoms with Gasteiger partial charge in [0.05, 0.1) is 10.6 Å². The summed E-state index contributed by atoms with van der Waals surface area (Å²) in [5.41, 5.74) is 0.988. The largest absolute Gasteiger partial charge is 0.352 e. The zero-order valence-corrected chi connectivity index (χ0v) is 17.5. The summed E-state index contributed by atoms with van der Waals surface area (Å²) in [4.78, 5) is 12.7. The smallest absolute Gasteiger partial charge is 0.264 e. The monoisotopic (exact) mass is 408 g/mol. The Labute approximate surface area is 166 Å². The molecule has 0 bridgehead atoms. The Balaban J connectivity index is 2.47. The fraction of sp³-hybridized carbons (Fsp3) is 0.350. The number of hydrogen-bond acceptors (Lipinski definition) is 3. The molecule has 1 atom stereocenters. The Morgan fingerprint density at radius 1 is 1.07 bits per heavy atom. The van der Waals surface area contributed by atoms with Crippen molar-refractivity contribution >= 4 is 33.2 Å². The Kier molecular flexibility index (Phi) is 6.89. The van der Waals surface area contributed by atoms with Crippen molar-refractivity contribution in [3.8, 4) is 0 Å². The summed E-state index contributed by atoms with van der Waals surface area (Å²) >= 11 is 6.19. The van der Waals surface area contributed by atoms with Crippen LogP contribution in [0.1, 0.15) is 26.3 Å². The first-order chi connectivity index (χ1) is 12.6. The minimum Gasteiger partial charge on any atom is -0.352 e. The van der Waals surface area contributed by atoms with E-state index in [2.05, 4.69) is 5.32 Å². The van der Waals surface area contributed by atoms with Gasteiger partial charge in [0, 0.05) is 11.1 Å². The summed E-state index contributed by atoms with van der Waals surface area (Å²) in [7, 11) is -3.93. The highest BCUT2D eigenvalue weighted by Gasteiger charge is 2.29. The Bertz CT molecular complexity index is 899. The topological polar surface area (TPSA) is 66.5 Å². The fourth-order valence-electron chi connectivity index (χ4n) is 2.48. The molecule has 2 aromatic carbocycles. The van der Waals surface area contributed by atoms with Crippen LogP contribution in [0.4, 0.5) is 5.69 Å². The van der Waals surface area contributed by atoms with E-state index in [0.29, 0.717) is 16.3 Å². The van der Waals surface area contributed by atoms with Gasteiger partial charge in [-0.2, -0.15) is 0 Å². The molecule has 2 aromatic rings. The van der Waals surface area contributed by atoms with E-state index in [4.69, 9.17) is 11.6 Å². The number of amides is 1. The lowest BCUT2D eigenvalue weighted by Crippen LogP contribution is -2.45. The maximum absolute atomic E-state index is 13.3. The number of hydrogen-bond donors (Lipinski definition) is 1. The van der Waals surface area contributed by atoms with Crippen LogP contribution >= 0.6 is 11.6 Å². The molecule has 0 heterocycles. The van der Waals surface area contributed by atoms with Crippen LogP contribution in [0.3, 0.4) is 0 Å². The number of nitrogens with one attached hydrogen (secondary N) is 1. The molecule has 0 aromatic heterocycles. The Morgan fingerprint density at radius 3 is 2.30 bits per heavy atom. The lowest BCUT2D eigenvalue weighted by molar-refractivity contribution is -0.120. The molecule has 27 heavy (non-hydrogen) atoms. The number of sulfonamides is 1. The van der Waals surface area contributed by atoms with Crippen molar-refractivity contribution < 1.29 is 13.2 Å². The number of carbonyl (C=O) groups is 1. The molecule has 1 N–H and O–H groups in total. The van der Waals surface area contributed by atoms with Gasteiger partial charge >= 0.3 is 0 Å². The third kappa shape index (κ3) is 5.02. The van der Waals surface area contributed by atoms with Gasteiger partial charge in [-0.05, 0) is 49.6 Å². The highest BCUT2D eigenvalue weighted by atomic mass is 35.5. The van der Waals surface area contributed by atoms with Gasteiger partial charge < -0.3 is 5.32 Å². The third-order valence-corrected chi connectivity index (χ3v) is 6.70. The van der Waals surface area contributed by atoms with Crippen LogP contribution in [0.15, 0.2) is 53.4 Å². The molecule has 2 rings (SSSR count). The molecular formula is C20H25ClN2O3S. The number of halogens is 1. The van der Waals surface area contributed by atoms with Crippen molar-refractivity contribution in [2.24, 2.45) is 5.92 Å². The predicted molar refractivity (Wildman–Crippen MR) is 110 cm³/mol. The molecule has 0 saturated heterocycles. The van der Waals surface area contributed by atoms with Crippen LogP contribution in [-0.4, -0.2) is 26.9 Å². The van der Waals surface area contributed by atoms with E-state index < -0.39 is 10.0 Å². The molecule has 0 radical (unpaired) electrons. The zero-order valence-electron chi connectivity index (χ0n) is 15.9. The summed E-state index contributed by atoms with van der Waals surface area (Å²) < 4.78 is 27.6. The van der Waals surface area contributed by atoms with Gasteiger partial charge in [0.25, 0.3) is 10.0 Å². The second-order valence-electron chi connectivity index (χ2n) is 6.81. The first-order valence-corrected chi connectivity index (χ1v) is 10.6.